The van der Waals surface area contributed by atoms with Crippen LogP contribution in [0.25, 0.3) is 10.9 Å². The molecule has 104 valence electrons. The van der Waals surface area contributed by atoms with Crippen molar-refractivity contribution in [3.63, 3.8) is 0 Å². The Hall–Kier alpha value is -1.46. The normalized spacial score (nSPS) is 19.6. The maximum Gasteiger partial charge on any atom is 0.234 e. The molecule has 0 saturated carbocycles. The van der Waals surface area contributed by atoms with Gasteiger partial charge in [-0.25, -0.2) is 0 Å². The number of rotatable bonds is 3. The molecule has 1 aliphatic rings. The van der Waals surface area contributed by atoms with Crippen LogP contribution in [0.15, 0.2) is 34.9 Å². The van der Waals surface area contributed by atoms with Crippen LogP contribution < -0.4 is 5.73 Å². The highest BCUT2D eigenvalue weighted by Crippen LogP contribution is 2.28. The number of aromatic nitrogens is 1. The van der Waals surface area contributed by atoms with Crippen molar-refractivity contribution in [2.24, 2.45) is 5.73 Å². The number of benzene rings is 1. The van der Waals surface area contributed by atoms with E-state index in [4.69, 9.17) is 5.73 Å². The van der Waals surface area contributed by atoms with Crippen LogP contribution in [-0.4, -0.2) is 28.4 Å². The predicted octanol–water partition coefficient (Wildman–Crippen LogP) is 2.45. The lowest BCUT2D eigenvalue weighted by molar-refractivity contribution is -0.122. The van der Waals surface area contributed by atoms with Gasteiger partial charge in [-0.05, 0) is 37.1 Å². The van der Waals surface area contributed by atoms with Crippen molar-refractivity contribution >= 4 is 32.7 Å². The van der Waals surface area contributed by atoms with E-state index in [1.165, 1.54) is 0 Å². The topological polar surface area (TPSA) is 59.2 Å². The molecule has 0 spiro atoms. The van der Waals surface area contributed by atoms with Crippen LogP contribution in [0, 0.1) is 0 Å². The average Bonchev–Trinajstić information content (AvgIpc) is 2.91. The van der Waals surface area contributed by atoms with Gasteiger partial charge in [0.15, 0.2) is 0 Å². The van der Waals surface area contributed by atoms with Gasteiger partial charge in [-0.3, -0.25) is 14.7 Å². The highest BCUT2D eigenvalue weighted by Gasteiger charge is 2.29. The number of hydrogen-bond acceptors (Lipinski definition) is 3. The molecular formula is C15H16BrN3O. The van der Waals surface area contributed by atoms with E-state index in [0.29, 0.717) is 6.54 Å². The van der Waals surface area contributed by atoms with Crippen molar-refractivity contribution in [1.29, 1.82) is 0 Å². The van der Waals surface area contributed by atoms with Crippen molar-refractivity contribution in [2.45, 2.75) is 25.4 Å². The van der Waals surface area contributed by atoms with E-state index in [1.54, 1.807) is 6.20 Å². The van der Waals surface area contributed by atoms with Crippen LogP contribution in [0.5, 0.6) is 0 Å². The smallest absolute Gasteiger partial charge is 0.234 e. The summed E-state index contributed by atoms with van der Waals surface area (Å²) in [4.78, 5) is 18.1. The summed E-state index contributed by atoms with van der Waals surface area (Å²) in [6, 6.07) is 7.94. The van der Waals surface area contributed by atoms with E-state index in [1.807, 2.05) is 18.2 Å². The number of amides is 1. The zero-order valence-corrected chi connectivity index (χ0v) is 12.6. The van der Waals surface area contributed by atoms with Crippen molar-refractivity contribution in [1.82, 2.24) is 9.88 Å². The molecular weight excluding hydrogens is 318 g/mol. The maximum absolute atomic E-state index is 11.5. The first-order valence-electron chi connectivity index (χ1n) is 6.72. The summed E-state index contributed by atoms with van der Waals surface area (Å²) in [5, 5.41) is 1.10. The first-order valence-corrected chi connectivity index (χ1v) is 7.51. The molecule has 2 heterocycles. The fraction of sp³-hybridized carbons (Fsp3) is 0.333. The lowest BCUT2D eigenvalue weighted by atomic mass is 10.1. The van der Waals surface area contributed by atoms with E-state index in [-0.39, 0.29) is 11.9 Å². The Balaban J connectivity index is 1.95. The van der Waals surface area contributed by atoms with Crippen molar-refractivity contribution in [3.05, 3.63) is 40.5 Å². The third-order valence-electron chi connectivity index (χ3n) is 3.87. The first-order chi connectivity index (χ1) is 9.66. The fourth-order valence-electron chi connectivity index (χ4n) is 2.88. The van der Waals surface area contributed by atoms with E-state index in [9.17, 15) is 4.79 Å². The number of hydrogen-bond donors (Lipinski definition) is 1. The van der Waals surface area contributed by atoms with Gasteiger partial charge < -0.3 is 5.73 Å². The van der Waals surface area contributed by atoms with Gasteiger partial charge in [0.1, 0.15) is 0 Å². The number of primary amides is 1. The van der Waals surface area contributed by atoms with Crippen LogP contribution in [0.4, 0.5) is 0 Å². The highest BCUT2D eigenvalue weighted by atomic mass is 79.9. The van der Waals surface area contributed by atoms with Crippen LogP contribution in [0.1, 0.15) is 18.4 Å². The minimum absolute atomic E-state index is 0.141. The van der Waals surface area contributed by atoms with Crippen LogP contribution in [-0.2, 0) is 11.3 Å². The number of fused-ring (bicyclic) bond motifs is 1. The van der Waals surface area contributed by atoms with Crippen LogP contribution >= 0.6 is 15.9 Å². The highest BCUT2D eigenvalue weighted by molar-refractivity contribution is 9.10. The van der Waals surface area contributed by atoms with Gasteiger partial charge in [0, 0.05) is 22.6 Å². The number of pyridine rings is 1. The zero-order valence-electron chi connectivity index (χ0n) is 11.1. The summed E-state index contributed by atoms with van der Waals surface area (Å²) in [5.41, 5.74) is 7.59. The average molecular weight is 334 g/mol. The van der Waals surface area contributed by atoms with Gasteiger partial charge in [-0.2, -0.15) is 0 Å². The molecule has 2 N–H and O–H groups in total. The molecule has 1 aromatic carbocycles. The van der Waals surface area contributed by atoms with Gasteiger partial charge in [0.2, 0.25) is 5.91 Å². The van der Waals surface area contributed by atoms with Gasteiger partial charge in [-0.1, -0.05) is 28.1 Å². The summed E-state index contributed by atoms with van der Waals surface area (Å²) in [5.74, 6) is -0.225. The van der Waals surface area contributed by atoms with Crippen LogP contribution in [0.2, 0.25) is 0 Å². The molecule has 1 amide bonds. The Bertz CT molecular complexity index is 659. The summed E-state index contributed by atoms with van der Waals surface area (Å²) in [6.45, 7) is 1.63. The molecule has 3 rings (SSSR count). The summed E-state index contributed by atoms with van der Waals surface area (Å²) in [7, 11) is 0. The lowest BCUT2D eigenvalue weighted by Crippen LogP contribution is -2.39. The van der Waals surface area contributed by atoms with E-state index >= 15 is 0 Å². The molecule has 2 aromatic rings. The largest absolute Gasteiger partial charge is 0.368 e. The number of likely N-dealkylation sites (tertiary alicyclic amines) is 1. The fourth-order valence-corrected chi connectivity index (χ4v) is 3.33. The van der Waals surface area contributed by atoms with E-state index in [0.717, 1.165) is 40.3 Å². The Morgan fingerprint density at radius 1 is 1.45 bits per heavy atom. The minimum atomic E-state index is -0.225. The van der Waals surface area contributed by atoms with Crippen molar-refractivity contribution in [2.75, 3.05) is 6.54 Å². The monoisotopic (exact) mass is 333 g/mol. The predicted molar refractivity (Wildman–Crippen MR) is 82.1 cm³/mol. The Morgan fingerprint density at radius 3 is 3.10 bits per heavy atom. The standard InChI is InChI=1S/C15H16BrN3O/c16-12-6-5-10(14-11(12)3-1-7-18-14)9-19-8-2-4-13(19)15(17)20/h1,3,5-7,13H,2,4,8-9H2,(H2,17,20). The molecule has 1 aliphatic heterocycles. The second kappa shape index (κ2) is 5.50. The molecule has 20 heavy (non-hydrogen) atoms. The molecule has 1 aromatic heterocycles. The number of halogens is 1. The van der Waals surface area contributed by atoms with Gasteiger partial charge in [-0.15, -0.1) is 0 Å². The molecule has 0 bridgehead atoms. The molecule has 1 saturated heterocycles. The Kier molecular flexibility index (Phi) is 3.72. The Morgan fingerprint density at radius 2 is 2.30 bits per heavy atom. The quantitative estimate of drug-likeness (QED) is 0.938. The summed E-state index contributed by atoms with van der Waals surface area (Å²) in [6.07, 6.45) is 3.68. The molecule has 5 heteroatoms. The van der Waals surface area contributed by atoms with Crippen molar-refractivity contribution in [3.8, 4) is 0 Å². The number of nitrogens with two attached hydrogens (primary N) is 1. The van der Waals surface area contributed by atoms with Gasteiger partial charge >= 0.3 is 0 Å². The number of carbonyl (C=O) groups is 1. The summed E-state index contributed by atoms with van der Waals surface area (Å²) < 4.78 is 1.04. The second-order valence-electron chi connectivity index (χ2n) is 5.14. The van der Waals surface area contributed by atoms with Crippen molar-refractivity contribution < 1.29 is 4.79 Å². The molecule has 1 atom stereocenters. The maximum atomic E-state index is 11.5. The van der Waals surface area contributed by atoms with Crippen LogP contribution in [0.3, 0.4) is 0 Å². The van der Waals surface area contributed by atoms with Gasteiger partial charge in [0.25, 0.3) is 0 Å². The minimum Gasteiger partial charge on any atom is -0.368 e. The third-order valence-corrected chi connectivity index (χ3v) is 4.56. The Labute approximate surface area is 126 Å². The molecule has 1 unspecified atom stereocenters. The molecule has 1 fully saturated rings. The second-order valence-corrected chi connectivity index (χ2v) is 5.99. The number of carbonyl (C=O) groups excluding carboxylic acids is 1. The third kappa shape index (κ3) is 2.43. The summed E-state index contributed by atoms with van der Waals surface area (Å²) >= 11 is 3.55. The number of nitrogens with zero attached hydrogens (tertiary/aromatic N) is 2. The van der Waals surface area contributed by atoms with E-state index < -0.39 is 0 Å². The van der Waals surface area contributed by atoms with Gasteiger partial charge in [0.05, 0.1) is 11.6 Å². The lowest BCUT2D eigenvalue weighted by Gasteiger charge is -2.22. The zero-order chi connectivity index (χ0) is 14.1. The molecule has 4 nitrogen and oxygen atoms in total. The first kappa shape index (κ1) is 13.5. The molecule has 0 aliphatic carbocycles. The van der Waals surface area contributed by atoms with E-state index in [2.05, 4.69) is 31.9 Å². The molecule has 0 radical (unpaired) electrons. The SMILES string of the molecule is NC(=O)C1CCCN1Cc1ccc(Br)c2cccnc12.